The van der Waals surface area contributed by atoms with Crippen LogP contribution in [0, 0.1) is 6.92 Å². The summed E-state index contributed by atoms with van der Waals surface area (Å²) in [4.78, 5) is 11.5. The number of rotatable bonds is 3. The fourth-order valence-electron chi connectivity index (χ4n) is 1.67. The molecule has 0 saturated heterocycles. The maximum absolute atomic E-state index is 11.5. The standard InChI is InChI=1S/C13H18O3/c1-8(2)10-6-9(3)11(13(14)16-5)7-12(10)15-4/h6-8H,1-5H3. The Morgan fingerprint density at radius 3 is 2.31 bits per heavy atom. The average Bonchev–Trinajstić information content (AvgIpc) is 2.27. The quantitative estimate of drug-likeness (QED) is 0.738. The van der Waals surface area contributed by atoms with E-state index in [1.807, 2.05) is 13.0 Å². The zero-order valence-corrected chi connectivity index (χ0v) is 10.5. The van der Waals surface area contributed by atoms with Crippen LogP contribution in [0.15, 0.2) is 12.1 Å². The topological polar surface area (TPSA) is 35.5 Å². The van der Waals surface area contributed by atoms with Gasteiger partial charge in [-0.1, -0.05) is 19.9 Å². The number of hydrogen-bond acceptors (Lipinski definition) is 3. The van der Waals surface area contributed by atoms with E-state index >= 15 is 0 Å². The molecule has 0 amide bonds. The number of esters is 1. The van der Waals surface area contributed by atoms with E-state index in [2.05, 4.69) is 13.8 Å². The minimum absolute atomic E-state index is 0.328. The molecule has 16 heavy (non-hydrogen) atoms. The molecule has 0 aliphatic rings. The highest BCUT2D eigenvalue weighted by Gasteiger charge is 2.15. The summed E-state index contributed by atoms with van der Waals surface area (Å²) in [5.74, 6) is 0.771. The number of methoxy groups -OCH3 is 2. The van der Waals surface area contributed by atoms with Crippen LogP contribution < -0.4 is 4.74 Å². The molecule has 0 aliphatic heterocycles. The summed E-state index contributed by atoms with van der Waals surface area (Å²) >= 11 is 0. The molecule has 0 N–H and O–H groups in total. The van der Waals surface area contributed by atoms with Crippen molar-refractivity contribution in [1.82, 2.24) is 0 Å². The van der Waals surface area contributed by atoms with Crippen LogP contribution in [0.3, 0.4) is 0 Å². The minimum Gasteiger partial charge on any atom is -0.496 e. The number of carbonyl (C=O) groups excluding carboxylic acids is 1. The summed E-state index contributed by atoms with van der Waals surface area (Å²) < 4.78 is 10.0. The van der Waals surface area contributed by atoms with E-state index in [0.717, 1.165) is 16.9 Å². The molecular formula is C13H18O3. The highest BCUT2D eigenvalue weighted by atomic mass is 16.5. The Hall–Kier alpha value is -1.51. The second-order valence-electron chi connectivity index (χ2n) is 4.06. The predicted octanol–water partition coefficient (Wildman–Crippen LogP) is 2.91. The lowest BCUT2D eigenvalue weighted by Gasteiger charge is -2.14. The molecule has 0 radical (unpaired) electrons. The number of aryl methyl sites for hydroxylation is 1. The van der Waals surface area contributed by atoms with Gasteiger partial charge < -0.3 is 9.47 Å². The van der Waals surface area contributed by atoms with Crippen molar-refractivity contribution < 1.29 is 14.3 Å². The molecule has 1 rings (SSSR count). The maximum atomic E-state index is 11.5. The Balaban J connectivity index is 3.31. The molecule has 0 aliphatic carbocycles. The first kappa shape index (κ1) is 12.6. The first-order valence-electron chi connectivity index (χ1n) is 5.28. The van der Waals surface area contributed by atoms with E-state index in [-0.39, 0.29) is 5.97 Å². The van der Waals surface area contributed by atoms with Crippen LogP contribution in [0.5, 0.6) is 5.75 Å². The van der Waals surface area contributed by atoms with Gasteiger partial charge in [0, 0.05) is 0 Å². The third-order valence-corrected chi connectivity index (χ3v) is 2.60. The molecule has 0 fully saturated rings. The Morgan fingerprint density at radius 2 is 1.88 bits per heavy atom. The fraction of sp³-hybridized carbons (Fsp3) is 0.462. The fourth-order valence-corrected chi connectivity index (χ4v) is 1.67. The van der Waals surface area contributed by atoms with E-state index in [9.17, 15) is 4.79 Å². The predicted molar refractivity (Wildman–Crippen MR) is 63.2 cm³/mol. The van der Waals surface area contributed by atoms with Gasteiger partial charge in [-0.3, -0.25) is 0 Å². The van der Waals surface area contributed by atoms with Gasteiger partial charge in [0.1, 0.15) is 5.75 Å². The zero-order chi connectivity index (χ0) is 12.3. The SMILES string of the molecule is COC(=O)c1cc(OC)c(C(C)C)cc1C. The van der Waals surface area contributed by atoms with Crippen molar-refractivity contribution in [3.05, 3.63) is 28.8 Å². The smallest absolute Gasteiger partial charge is 0.338 e. The Morgan fingerprint density at radius 1 is 1.25 bits per heavy atom. The summed E-state index contributed by atoms with van der Waals surface area (Å²) in [6.07, 6.45) is 0. The number of hydrogen-bond donors (Lipinski definition) is 0. The monoisotopic (exact) mass is 222 g/mol. The lowest BCUT2D eigenvalue weighted by atomic mass is 9.96. The lowest BCUT2D eigenvalue weighted by molar-refractivity contribution is 0.0599. The van der Waals surface area contributed by atoms with Gasteiger partial charge in [-0.25, -0.2) is 4.79 Å². The van der Waals surface area contributed by atoms with Gasteiger partial charge in [0.05, 0.1) is 19.8 Å². The first-order valence-corrected chi connectivity index (χ1v) is 5.28. The Kier molecular flexibility index (Phi) is 3.93. The van der Waals surface area contributed by atoms with Gasteiger partial charge in [-0.15, -0.1) is 0 Å². The van der Waals surface area contributed by atoms with E-state index < -0.39 is 0 Å². The summed E-state index contributed by atoms with van der Waals surface area (Å²) in [5.41, 5.74) is 2.58. The van der Waals surface area contributed by atoms with E-state index in [1.165, 1.54) is 7.11 Å². The van der Waals surface area contributed by atoms with Gasteiger partial charge in [0.25, 0.3) is 0 Å². The van der Waals surface area contributed by atoms with Crippen LogP contribution in [0.2, 0.25) is 0 Å². The molecular weight excluding hydrogens is 204 g/mol. The molecule has 0 unspecified atom stereocenters. The average molecular weight is 222 g/mol. The second-order valence-corrected chi connectivity index (χ2v) is 4.06. The third kappa shape index (κ3) is 2.35. The van der Waals surface area contributed by atoms with E-state index in [0.29, 0.717) is 11.5 Å². The van der Waals surface area contributed by atoms with Crippen LogP contribution in [-0.2, 0) is 4.74 Å². The summed E-state index contributed by atoms with van der Waals surface area (Å²) in [6, 6.07) is 3.73. The van der Waals surface area contributed by atoms with Gasteiger partial charge in [-0.2, -0.15) is 0 Å². The first-order chi connectivity index (χ1) is 7.51. The Bertz CT molecular complexity index is 394. The van der Waals surface area contributed by atoms with Crippen LogP contribution in [-0.4, -0.2) is 20.2 Å². The van der Waals surface area contributed by atoms with Crippen LogP contribution in [0.25, 0.3) is 0 Å². The highest BCUT2D eigenvalue weighted by Crippen LogP contribution is 2.29. The molecule has 0 spiro atoms. The largest absolute Gasteiger partial charge is 0.496 e. The van der Waals surface area contributed by atoms with Gasteiger partial charge in [0.2, 0.25) is 0 Å². The highest BCUT2D eigenvalue weighted by molar-refractivity contribution is 5.91. The molecule has 0 heterocycles. The molecule has 3 heteroatoms. The Labute approximate surface area is 96.4 Å². The van der Waals surface area contributed by atoms with Crippen molar-refractivity contribution in [3.8, 4) is 5.75 Å². The molecule has 1 aromatic rings. The van der Waals surface area contributed by atoms with Gasteiger partial charge in [-0.05, 0) is 30.0 Å². The molecule has 88 valence electrons. The number of benzene rings is 1. The van der Waals surface area contributed by atoms with Crippen molar-refractivity contribution in [2.75, 3.05) is 14.2 Å². The van der Waals surface area contributed by atoms with Crippen molar-refractivity contribution in [2.24, 2.45) is 0 Å². The molecule has 3 nitrogen and oxygen atoms in total. The van der Waals surface area contributed by atoms with E-state index in [1.54, 1.807) is 13.2 Å². The zero-order valence-electron chi connectivity index (χ0n) is 10.5. The van der Waals surface area contributed by atoms with Crippen LogP contribution >= 0.6 is 0 Å². The van der Waals surface area contributed by atoms with Crippen molar-refractivity contribution in [1.29, 1.82) is 0 Å². The van der Waals surface area contributed by atoms with Gasteiger partial charge in [0.15, 0.2) is 0 Å². The second kappa shape index (κ2) is 5.01. The molecule has 0 aromatic heterocycles. The van der Waals surface area contributed by atoms with Crippen molar-refractivity contribution in [3.63, 3.8) is 0 Å². The van der Waals surface area contributed by atoms with E-state index in [4.69, 9.17) is 9.47 Å². The van der Waals surface area contributed by atoms with Crippen LogP contribution in [0.1, 0.15) is 41.3 Å². The minimum atomic E-state index is -0.328. The van der Waals surface area contributed by atoms with Crippen LogP contribution in [0.4, 0.5) is 0 Å². The van der Waals surface area contributed by atoms with Crippen molar-refractivity contribution >= 4 is 5.97 Å². The molecule has 0 bridgehead atoms. The molecule has 1 aromatic carbocycles. The summed E-state index contributed by atoms with van der Waals surface area (Å²) in [7, 11) is 2.99. The third-order valence-electron chi connectivity index (χ3n) is 2.60. The number of ether oxygens (including phenoxy) is 2. The molecule has 0 atom stereocenters. The number of carbonyl (C=O) groups is 1. The van der Waals surface area contributed by atoms with Crippen molar-refractivity contribution in [2.45, 2.75) is 26.7 Å². The van der Waals surface area contributed by atoms with Gasteiger partial charge >= 0.3 is 5.97 Å². The lowest BCUT2D eigenvalue weighted by Crippen LogP contribution is -2.06. The molecule has 0 saturated carbocycles. The normalized spacial score (nSPS) is 10.4. The summed E-state index contributed by atoms with van der Waals surface area (Å²) in [5, 5.41) is 0. The maximum Gasteiger partial charge on any atom is 0.338 e. The summed E-state index contributed by atoms with van der Waals surface area (Å²) in [6.45, 7) is 6.09.